The van der Waals surface area contributed by atoms with Gasteiger partial charge in [0, 0.05) is 87.3 Å². The van der Waals surface area contributed by atoms with Crippen LogP contribution in [-0.4, -0.2) is 103 Å². The minimum atomic E-state index is -4.58. The Morgan fingerprint density at radius 3 is 2.44 bits per heavy atom. The molecule has 1 atom stereocenters. The molecule has 0 bridgehead atoms. The Kier molecular flexibility index (Phi) is 14.5. The molecule has 4 heterocycles. The number of ether oxygens (including phenoxy) is 2. The van der Waals surface area contributed by atoms with E-state index in [0.717, 1.165) is 101 Å². The van der Waals surface area contributed by atoms with Gasteiger partial charge < -0.3 is 29.8 Å². The van der Waals surface area contributed by atoms with Crippen molar-refractivity contribution in [2.24, 2.45) is 11.3 Å². The van der Waals surface area contributed by atoms with Crippen molar-refractivity contribution < 1.29 is 32.7 Å². The number of aliphatic hydroxyl groups excluding tert-OH is 1. The van der Waals surface area contributed by atoms with Gasteiger partial charge in [0.05, 0.1) is 34.8 Å². The molecular weight excluding hydrogens is 945 g/mol. The summed E-state index contributed by atoms with van der Waals surface area (Å²) < 4.78 is 41.6. The fraction of sp³-hybridized carbons (Fsp3) is 0.429. The van der Waals surface area contributed by atoms with Gasteiger partial charge in [0.25, 0.3) is 21.6 Å². The van der Waals surface area contributed by atoms with Crippen LogP contribution < -0.4 is 24.4 Å². The first-order valence-corrected chi connectivity index (χ1v) is 27.2. The van der Waals surface area contributed by atoms with Gasteiger partial charge in [0.15, 0.2) is 0 Å². The Hall–Kier alpha value is -6.53. The number of aromatic amines is 1. The average molecular weight is 1010 g/mol. The van der Waals surface area contributed by atoms with E-state index in [1.54, 1.807) is 37.7 Å². The number of nitrogens with zero attached hydrogens (tertiary/aromatic N) is 5. The van der Waals surface area contributed by atoms with Crippen LogP contribution in [0, 0.1) is 21.4 Å². The van der Waals surface area contributed by atoms with Crippen molar-refractivity contribution in [3.05, 3.63) is 142 Å². The molecule has 10 rings (SSSR count). The second-order valence-corrected chi connectivity index (χ2v) is 22.6. The second kappa shape index (κ2) is 21.1. The summed E-state index contributed by atoms with van der Waals surface area (Å²) in [5, 5.41) is 26.0. The van der Waals surface area contributed by atoms with Gasteiger partial charge >= 0.3 is 0 Å². The summed E-state index contributed by atoms with van der Waals surface area (Å²) in [6.07, 6.45) is 10.2. The first-order valence-electron chi connectivity index (χ1n) is 25.7. The molecule has 2 aliphatic carbocycles. The number of nitro groups is 1. The number of rotatable bonds is 16. The van der Waals surface area contributed by atoms with Crippen LogP contribution in [0.25, 0.3) is 11.0 Å². The fourth-order valence-electron chi connectivity index (χ4n) is 11.8. The summed E-state index contributed by atoms with van der Waals surface area (Å²) in [6.45, 7) is 10.5. The first kappa shape index (κ1) is 50.0. The Balaban J connectivity index is 0.832. The molecule has 0 radical (unpaired) electrons. The van der Waals surface area contributed by atoms with Gasteiger partial charge in [-0.25, -0.2) is 18.1 Å². The Labute approximate surface area is 427 Å². The van der Waals surface area contributed by atoms with E-state index in [-0.39, 0.29) is 34.4 Å². The second-order valence-electron chi connectivity index (χ2n) is 21.0. The number of nitrogens with one attached hydrogen (secondary N) is 3. The van der Waals surface area contributed by atoms with Crippen LogP contribution in [-0.2, 0) is 16.6 Å². The average Bonchev–Trinajstić information content (AvgIpc) is 3.86. The van der Waals surface area contributed by atoms with Crippen LogP contribution in [0.2, 0.25) is 0 Å². The molecule has 0 unspecified atom stereocenters. The van der Waals surface area contributed by atoms with Gasteiger partial charge in [-0.1, -0.05) is 50.2 Å². The van der Waals surface area contributed by atoms with Crippen molar-refractivity contribution in [3.8, 4) is 17.2 Å². The summed E-state index contributed by atoms with van der Waals surface area (Å²) in [5.74, 6) is 1.06. The molecule has 4 fully saturated rings. The molecule has 2 aromatic heterocycles. The number of piperazine rings is 1. The van der Waals surface area contributed by atoms with Crippen molar-refractivity contribution >= 4 is 44.0 Å². The zero-order valence-electron chi connectivity index (χ0n) is 41.8. The smallest absolute Gasteiger partial charge is 0.293 e. The Morgan fingerprint density at radius 1 is 0.932 bits per heavy atom. The van der Waals surface area contributed by atoms with E-state index >= 15 is 0 Å². The molecule has 73 heavy (non-hydrogen) atoms. The number of methoxy groups -OCH3 is 1. The molecule has 16 nitrogen and oxygen atoms in total. The molecule has 2 saturated carbocycles. The van der Waals surface area contributed by atoms with Gasteiger partial charge in [0.2, 0.25) is 0 Å². The van der Waals surface area contributed by atoms with Crippen LogP contribution in [0.4, 0.5) is 17.1 Å². The third-order valence-electron chi connectivity index (χ3n) is 16.0. The van der Waals surface area contributed by atoms with Gasteiger partial charge in [0.1, 0.15) is 28.6 Å². The molecule has 4 N–H and O–H groups in total. The number of nitro benzene ring substituents is 1. The third kappa shape index (κ3) is 11.1. The number of sulfonamides is 1. The maximum atomic E-state index is 14.1. The van der Waals surface area contributed by atoms with Crippen molar-refractivity contribution in [3.63, 3.8) is 0 Å². The van der Waals surface area contributed by atoms with E-state index in [0.29, 0.717) is 48.8 Å². The number of aliphatic hydroxyl groups is 1. The fourth-order valence-corrected chi connectivity index (χ4v) is 12.7. The number of anilines is 2. The number of fused-ring (bicyclic) bond motifs is 1. The zero-order chi connectivity index (χ0) is 50.9. The standard InChI is InChI=1S/C56H66N8O8S/c1-37(2)47-6-4-5-7-48(47)52-36-61(35-39-10-15-44(71-3)16-11-39)26-27-63(52)42-31-56(32-42)21-24-62(25-22-56)41-12-18-49(53(29-41)72-45-28-40-20-23-57-54(40)59-34-45)55(66)60-73(69,70)46-17-19-50(51(30-46)64(67)68)58-33-38-8-13-43(65)14-9-38/h4-7,10-12,15-20,23,28-30,34,37-38,42-43,52,58,65H,8-9,13-14,21-22,24-27,31-33,35-36H2,1-3H3,(H,57,59)(H,60,66)/t38?,43?,52-/m0/s1. The minimum Gasteiger partial charge on any atom is -0.497 e. The van der Waals surface area contributed by atoms with Crippen molar-refractivity contribution in [2.75, 3.05) is 56.6 Å². The Bertz CT molecular complexity index is 3050. The monoisotopic (exact) mass is 1010 g/mol. The molecular formula is C56H66N8O8S. The number of piperidine rings is 1. The molecule has 6 aromatic rings. The van der Waals surface area contributed by atoms with Crippen LogP contribution in [0.15, 0.2) is 114 Å². The molecule has 1 amide bonds. The maximum Gasteiger partial charge on any atom is 0.293 e. The van der Waals surface area contributed by atoms with Gasteiger partial charge in [-0.05, 0) is 134 Å². The van der Waals surface area contributed by atoms with Crippen molar-refractivity contribution in [1.29, 1.82) is 0 Å². The molecule has 4 aliphatic rings. The van der Waals surface area contributed by atoms with Gasteiger partial charge in [-0.2, -0.15) is 0 Å². The summed E-state index contributed by atoms with van der Waals surface area (Å²) in [4.78, 5) is 40.5. The highest BCUT2D eigenvalue weighted by molar-refractivity contribution is 7.90. The number of hydrogen-bond donors (Lipinski definition) is 4. The molecule has 384 valence electrons. The zero-order valence-corrected chi connectivity index (χ0v) is 42.7. The number of aromatic nitrogens is 2. The maximum absolute atomic E-state index is 14.1. The third-order valence-corrected chi connectivity index (χ3v) is 17.3. The minimum absolute atomic E-state index is 0.0279. The molecule has 17 heteroatoms. The van der Waals surface area contributed by atoms with E-state index in [9.17, 15) is 28.4 Å². The van der Waals surface area contributed by atoms with Gasteiger partial charge in [-0.3, -0.25) is 24.7 Å². The van der Waals surface area contributed by atoms with E-state index < -0.39 is 31.4 Å². The SMILES string of the molecule is COc1ccc(CN2CCN(C3CC4(CCN(c5ccc(C(=O)NS(=O)(=O)c6ccc(NCC7CCC(O)CC7)c([N+](=O)[O-])c6)c(Oc6cnc7[nH]ccc7c6)c5)CC4)C3)[C@H](c3ccccc3C(C)C)C2)cc1. The van der Waals surface area contributed by atoms with E-state index in [1.165, 1.54) is 28.8 Å². The summed E-state index contributed by atoms with van der Waals surface area (Å²) in [7, 11) is -2.88. The highest BCUT2D eigenvalue weighted by Gasteiger charge is 2.50. The summed E-state index contributed by atoms with van der Waals surface area (Å²) in [5.41, 5.74) is 5.60. The number of amides is 1. The predicted molar refractivity (Wildman–Crippen MR) is 282 cm³/mol. The van der Waals surface area contributed by atoms with Crippen molar-refractivity contribution in [2.45, 2.75) is 101 Å². The first-order chi connectivity index (χ1) is 35.2. The summed E-state index contributed by atoms with van der Waals surface area (Å²) in [6, 6.07) is 30.6. The number of pyridine rings is 1. The normalized spacial score (nSPS) is 20.7. The molecule has 2 saturated heterocycles. The summed E-state index contributed by atoms with van der Waals surface area (Å²) >= 11 is 0. The molecule has 1 spiro atoms. The van der Waals surface area contributed by atoms with Crippen LogP contribution >= 0.6 is 0 Å². The number of H-pyrrole nitrogens is 1. The Morgan fingerprint density at radius 2 is 1.70 bits per heavy atom. The van der Waals surface area contributed by atoms with Gasteiger partial charge in [-0.15, -0.1) is 0 Å². The quantitative estimate of drug-likeness (QED) is 0.0529. The number of carbonyl (C=O) groups excluding carboxylic acids is 1. The van der Waals surface area contributed by atoms with E-state index in [4.69, 9.17) is 9.47 Å². The molecule has 2 aliphatic heterocycles. The lowest BCUT2D eigenvalue weighted by atomic mass is 9.59. The largest absolute Gasteiger partial charge is 0.497 e. The lowest BCUT2D eigenvalue weighted by Crippen LogP contribution is -2.60. The topological polar surface area (TPSA) is 195 Å². The predicted octanol–water partition coefficient (Wildman–Crippen LogP) is 9.79. The number of hydrogen-bond acceptors (Lipinski definition) is 13. The molecule has 4 aromatic carbocycles. The van der Waals surface area contributed by atoms with E-state index in [2.05, 4.69) is 85.0 Å². The highest BCUT2D eigenvalue weighted by Crippen LogP contribution is 2.53. The van der Waals surface area contributed by atoms with Crippen LogP contribution in [0.3, 0.4) is 0 Å². The van der Waals surface area contributed by atoms with Crippen LogP contribution in [0.5, 0.6) is 17.2 Å². The number of carbonyl (C=O) groups is 1. The van der Waals surface area contributed by atoms with Crippen LogP contribution in [0.1, 0.15) is 104 Å². The van der Waals surface area contributed by atoms with Crippen molar-refractivity contribution in [1.82, 2.24) is 24.5 Å². The number of benzene rings is 4. The van der Waals surface area contributed by atoms with E-state index in [1.807, 2.05) is 24.3 Å². The lowest BCUT2D eigenvalue weighted by Gasteiger charge is -2.58. The highest BCUT2D eigenvalue weighted by atomic mass is 32.2. The lowest BCUT2D eigenvalue weighted by molar-refractivity contribution is -0.384.